The lowest BCUT2D eigenvalue weighted by molar-refractivity contribution is -0.577. The molecule has 0 unspecified atom stereocenters. The maximum absolute atomic E-state index is 13.9. The van der Waals surface area contributed by atoms with Gasteiger partial charge in [0, 0.05) is 28.3 Å². The first-order valence-corrected chi connectivity index (χ1v) is 12.3. The highest BCUT2D eigenvalue weighted by Gasteiger charge is 2.49. The highest BCUT2D eigenvalue weighted by molar-refractivity contribution is 6.45. The molecule has 3 heterocycles. The number of carbonyl (C=O) groups is 2. The average molecular weight is 491 g/mol. The molecular weight excluding hydrogens is 464 g/mol. The van der Waals surface area contributed by atoms with Crippen molar-refractivity contribution in [3.63, 3.8) is 0 Å². The minimum Gasteiger partial charge on any atom is -0.858 e. The van der Waals surface area contributed by atoms with Gasteiger partial charge in [-0.05, 0) is 63.3 Å². The lowest BCUT2D eigenvalue weighted by atomic mass is 9.94. The van der Waals surface area contributed by atoms with Crippen molar-refractivity contribution in [1.82, 2.24) is 14.7 Å². The van der Waals surface area contributed by atoms with Gasteiger partial charge >= 0.3 is 5.91 Å². The lowest BCUT2D eigenvalue weighted by Gasteiger charge is -2.29. The number of nitrogens with zero attached hydrogens (tertiary/aromatic N) is 4. The Morgan fingerprint density at radius 2 is 1.77 bits per heavy atom. The molecule has 2 aromatic heterocycles. The summed E-state index contributed by atoms with van der Waals surface area (Å²) < 4.78 is 2.92. The maximum atomic E-state index is 13.9. The Kier molecular flexibility index (Phi) is 5.97. The van der Waals surface area contributed by atoms with E-state index in [0.717, 1.165) is 43.2 Å². The summed E-state index contributed by atoms with van der Waals surface area (Å²) in [6.07, 6.45) is 8.21. The van der Waals surface area contributed by atoms with E-state index in [1.54, 1.807) is 42.0 Å². The summed E-state index contributed by atoms with van der Waals surface area (Å²) in [5.41, 5.74) is 3.40. The SMILES string of the molecule is Cc1cc[n+](C2=C(c3c(C)nn(-c4cccc(Cl)c4)c3[O-])C(=O)N(C3CCCCC3)C2=O)cc1C. The molecular formula is C27H27ClN4O3. The molecule has 2 amide bonds. The standard InChI is InChI=1S/C27H27ClN4O3/c1-16-12-13-30(15-17(16)2)24-23(25(33)31(27(24)35)20-9-5-4-6-10-20)22-18(3)29-32(26(22)34)21-11-7-8-19(28)14-21/h7-8,11-15,20H,4-6,9-10H2,1-3H3. The summed E-state index contributed by atoms with van der Waals surface area (Å²) >= 11 is 6.14. The number of imide groups is 1. The topological polar surface area (TPSA) is 82.1 Å². The van der Waals surface area contributed by atoms with Crippen LogP contribution in [0.5, 0.6) is 5.88 Å². The molecule has 0 bridgehead atoms. The summed E-state index contributed by atoms with van der Waals surface area (Å²) in [5, 5.41) is 18.6. The molecule has 0 N–H and O–H groups in total. The Balaban J connectivity index is 1.72. The summed E-state index contributed by atoms with van der Waals surface area (Å²) in [6.45, 7) is 5.63. The Morgan fingerprint density at radius 3 is 2.46 bits per heavy atom. The van der Waals surface area contributed by atoms with E-state index in [0.29, 0.717) is 16.4 Å². The summed E-state index contributed by atoms with van der Waals surface area (Å²) in [6, 6.07) is 8.56. The second-order valence-corrected chi connectivity index (χ2v) is 9.81. The van der Waals surface area contributed by atoms with E-state index in [2.05, 4.69) is 5.10 Å². The number of hydrogen-bond acceptors (Lipinski definition) is 4. The molecule has 1 saturated carbocycles. The van der Waals surface area contributed by atoms with E-state index >= 15 is 0 Å². The number of pyridine rings is 1. The average Bonchev–Trinajstić information content (AvgIpc) is 3.27. The largest absolute Gasteiger partial charge is 0.858 e. The zero-order valence-electron chi connectivity index (χ0n) is 20.0. The third kappa shape index (κ3) is 3.93. The Bertz CT molecular complexity index is 1390. The molecule has 1 aliphatic carbocycles. The van der Waals surface area contributed by atoms with E-state index in [-0.39, 0.29) is 28.8 Å². The highest BCUT2D eigenvalue weighted by atomic mass is 35.5. The van der Waals surface area contributed by atoms with Gasteiger partial charge in [-0.15, -0.1) is 0 Å². The van der Waals surface area contributed by atoms with Gasteiger partial charge in [-0.2, -0.15) is 9.67 Å². The van der Waals surface area contributed by atoms with Crippen LogP contribution in [-0.4, -0.2) is 32.5 Å². The number of carbonyl (C=O) groups excluding carboxylic acids is 2. The number of benzene rings is 1. The number of halogens is 1. The molecule has 2 aliphatic rings. The quantitative estimate of drug-likeness (QED) is 0.410. The second kappa shape index (κ2) is 8.96. The zero-order chi connectivity index (χ0) is 24.9. The predicted molar refractivity (Wildman–Crippen MR) is 131 cm³/mol. The molecule has 0 saturated heterocycles. The molecule has 1 aromatic carbocycles. The molecule has 1 fully saturated rings. The Labute approximate surface area is 209 Å². The second-order valence-electron chi connectivity index (χ2n) is 9.37. The van der Waals surface area contributed by atoms with Gasteiger partial charge < -0.3 is 5.11 Å². The van der Waals surface area contributed by atoms with Crippen molar-refractivity contribution in [2.75, 3.05) is 0 Å². The third-order valence-electron chi connectivity index (χ3n) is 7.05. The molecule has 3 aromatic rings. The normalized spacial score (nSPS) is 17.1. The van der Waals surface area contributed by atoms with Crippen molar-refractivity contribution in [3.8, 4) is 11.6 Å². The van der Waals surface area contributed by atoms with Crippen LogP contribution in [0.15, 0.2) is 42.7 Å². The monoisotopic (exact) mass is 490 g/mol. The number of amides is 2. The molecule has 5 rings (SSSR count). The van der Waals surface area contributed by atoms with E-state index in [1.165, 1.54) is 9.58 Å². The van der Waals surface area contributed by atoms with Crippen LogP contribution in [0.4, 0.5) is 0 Å². The minimum atomic E-state index is -0.451. The van der Waals surface area contributed by atoms with Crippen LogP contribution in [0, 0.1) is 20.8 Å². The molecule has 0 spiro atoms. The fraction of sp³-hybridized carbons (Fsp3) is 0.333. The minimum absolute atomic E-state index is 0.115. The molecule has 8 heteroatoms. The number of aryl methyl sites for hydroxylation is 3. The van der Waals surface area contributed by atoms with Crippen molar-refractivity contribution in [3.05, 3.63) is 70.1 Å². The first kappa shape index (κ1) is 23.3. The van der Waals surface area contributed by atoms with Crippen molar-refractivity contribution in [2.24, 2.45) is 0 Å². The van der Waals surface area contributed by atoms with Gasteiger partial charge in [0.05, 0.1) is 11.4 Å². The van der Waals surface area contributed by atoms with Crippen molar-refractivity contribution < 1.29 is 19.3 Å². The van der Waals surface area contributed by atoms with Crippen LogP contribution >= 0.6 is 11.6 Å². The van der Waals surface area contributed by atoms with Gasteiger partial charge in [-0.1, -0.05) is 36.9 Å². The lowest BCUT2D eigenvalue weighted by Crippen LogP contribution is -2.45. The molecule has 0 radical (unpaired) electrons. The van der Waals surface area contributed by atoms with Crippen LogP contribution in [-0.2, 0) is 9.59 Å². The molecule has 1 aliphatic heterocycles. The van der Waals surface area contributed by atoms with Crippen LogP contribution in [0.25, 0.3) is 17.0 Å². The van der Waals surface area contributed by atoms with E-state index in [4.69, 9.17) is 11.6 Å². The Hall–Kier alpha value is -3.45. The van der Waals surface area contributed by atoms with Gasteiger partial charge in [-0.3, -0.25) is 14.5 Å². The van der Waals surface area contributed by atoms with Crippen LogP contribution < -0.4 is 9.67 Å². The van der Waals surface area contributed by atoms with Crippen LogP contribution in [0.1, 0.15) is 54.5 Å². The van der Waals surface area contributed by atoms with Crippen LogP contribution in [0.2, 0.25) is 5.02 Å². The molecule has 0 atom stereocenters. The van der Waals surface area contributed by atoms with Gasteiger partial charge in [0.15, 0.2) is 12.4 Å². The smallest absolute Gasteiger partial charge is 0.327 e. The zero-order valence-corrected chi connectivity index (χ0v) is 20.8. The number of rotatable bonds is 4. The fourth-order valence-electron chi connectivity index (χ4n) is 5.06. The van der Waals surface area contributed by atoms with Crippen molar-refractivity contribution in [1.29, 1.82) is 0 Å². The summed E-state index contributed by atoms with van der Waals surface area (Å²) in [5.74, 6) is -1.23. The fourth-order valence-corrected chi connectivity index (χ4v) is 5.25. The summed E-state index contributed by atoms with van der Waals surface area (Å²) in [7, 11) is 0. The van der Waals surface area contributed by atoms with Crippen LogP contribution in [0.3, 0.4) is 0 Å². The number of hydrogen-bond donors (Lipinski definition) is 0. The van der Waals surface area contributed by atoms with E-state index < -0.39 is 11.8 Å². The Morgan fingerprint density at radius 1 is 1.03 bits per heavy atom. The first-order chi connectivity index (χ1) is 16.8. The van der Waals surface area contributed by atoms with Gasteiger partial charge in [0.1, 0.15) is 5.57 Å². The maximum Gasteiger partial charge on any atom is 0.327 e. The van der Waals surface area contributed by atoms with Gasteiger partial charge in [0.2, 0.25) is 0 Å². The first-order valence-electron chi connectivity index (χ1n) is 11.9. The number of aromatic nitrogens is 3. The van der Waals surface area contributed by atoms with Gasteiger partial charge in [0.25, 0.3) is 11.6 Å². The third-order valence-corrected chi connectivity index (χ3v) is 7.28. The van der Waals surface area contributed by atoms with E-state index in [1.807, 2.05) is 26.1 Å². The molecule has 180 valence electrons. The van der Waals surface area contributed by atoms with Crippen molar-refractivity contribution in [2.45, 2.75) is 58.9 Å². The predicted octanol–water partition coefficient (Wildman–Crippen LogP) is 3.88. The molecule has 7 nitrogen and oxygen atoms in total. The molecule has 35 heavy (non-hydrogen) atoms. The van der Waals surface area contributed by atoms with Gasteiger partial charge in [-0.25, -0.2) is 4.68 Å². The summed E-state index contributed by atoms with van der Waals surface area (Å²) in [4.78, 5) is 29.1. The van der Waals surface area contributed by atoms with Crippen molar-refractivity contribution >= 4 is 34.7 Å². The van der Waals surface area contributed by atoms with E-state index in [9.17, 15) is 14.7 Å². The highest BCUT2D eigenvalue weighted by Crippen LogP contribution is 2.39.